The lowest BCUT2D eigenvalue weighted by Crippen LogP contribution is -2.40. The summed E-state index contributed by atoms with van der Waals surface area (Å²) < 4.78 is 0. The fraction of sp³-hybridized carbons (Fsp3) is 0.929. The van der Waals surface area contributed by atoms with Crippen molar-refractivity contribution < 1.29 is 9.90 Å². The molecule has 0 amide bonds. The molecule has 0 bridgehead atoms. The van der Waals surface area contributed by atoms with Crippen LogP contribution in [0.1, 0.15) is 51.9 Å². The van der Waals surface area contributed by atoms with Gasteiger partial charge in [0.25, 0.3) is 0 Å². The van der Waals surface area contributed by atoms with E-state index in [1.165, 1.54) is 32.1 Å². The van der Waals surface area contributed by atoms with Gasteiger partial charge < -0.3 is 15.3 Å². The molecule has 1 unspecified atom stereocenters. The van der Waals surface area contributed by atoms with Gasteiger partial charge in [-0.3, -0.25) is 4.79 Å². The molecule has 1 saturated heterocycles. The lowest BCUT2D eigenvalue weighted by Gasteiger charge is -2.26. The Morgan fingerprint density at radius 1 is 1.22 bits per heavy atom. The number of carboxylic acids is 1. The first-order valence-electron chi connectivity index (χ1n) is 7.42. The van der Waals surface area contributed by atoms with E-state index in [0.29, 0.717) is 0 Å². The minimum Gasteiger partial charge on any atom is -0.480 e. The molecule has 1 heterocycles. The summed E-state index contributed by atoms with van der Waals surface area (Å²) in [6.07, 6.45) is 8.24. The van der Waals surface area contributed by atoms with E-state index >= 15 is 0 Å². The van der Waals surface area contributed by atoms with E-state index in [2.05, 4.69) is 17.1 Å². The van der Waals surface area contributed by atoms with Crippen molar-refractivity contribution in [3.05, 3.63) is 0 Å². The van der Waals surface area contributed by atoms with Gasteiger partial charge in [0, 0.05) is 6.54 Å². The average molecular weight is 256 g/mol. The molecule has 0 saturated carbocycles. The van der Waals surface area contributed by atoms with E-state index in [9.17, 15) is 4.79 Å². The van der Waals surface area contributed by atoms with Crippen LogP contribution >= 0.6 is 0 Å². The van der Waals surface area contributed by atoms with Gasteiger partial charge in [-0.25, -0.2) is 0 Å². The topological polar surface area (TPSA) is 52.6 Å². The van der Waals surface area contributed by atoms with Gasteiger partial charge in [0.15, 0.2) is 0 Å². The summed E-state index contributed by atoms with van der Waals surface area (Å²) in [7, 11) is 0. The second-order valence-electron chi connectivity index (χ2n) is 5.24. The normalized spacial score (nSPS) is 20.1. The maximum absolute atomic E-state index is 11.1. The smallest absolute Gasteiger partial charge is 0.320 e. The van der Waals surface area contributed by atoms with Crippen LogP contribution < -0.4 is 5.32 Å². The third-order valence-electron chi connectivity index (χ3n) is 3.62. The predicted molar refractivity (Wildman–Crippen MR) is 73.9 cm³/mol. The summed E-state index contributed by atoms with van der Waals surface area (Å²) in [4.78, 5) is 13.6. The second-order valence-corrected chi connectivity index (χ2v) is 5.24. The average Bonchev–Trinajstić information content (AvgIpc) is 2.30. The highest BCUT2D eigenvalue weighted by Gasteiger charge is 2.17. The first-order chi connectivity index (χ1) is 8.74. The number of nitrogens with one attached hydrogen (secondary N) is 1. The van der Waals surface area contributed by atoms with Gasteiger partial charge in [0.05, 0.1) is 0 Å². The van der Waals surface area contributed by atoms with Crippen LogP contribution in [0.5, 0.6) is 0 Å². The van der Waals surface area contributed by atoms with Gasteiger partial charge in [0.1, 0.15) is 6.04 Å². The molecule has 0 spiro atoms. The Kier molecular flexibility index (Phi) is 8.01. The Morgan fingerprint density at radius 2 is 1.83 bits per heavy atom. The summed E-state index contributed by atoms with van der Waals surface area (Å²) in [6, 6.07) is -0.379. The maximum atomic E-state index is 11.1. The molecule has 0 aromatic heterocycles. The Bertz CT molecular complexity index is 226. The van der Waals surface area contributed by atoms with Gasteiger partial charge in [-0.1, -0.05) is 26.2 Å². The highest BCUT2D eigenvalue weighted by molar-refractivity contribution is 5.73. The van der Waals surface area contributed by atoms with Gasteiger partial charge >= 0.3 is 5.97 Å². The Hall–Kier alpha value is -0.610. The van der Waals surface area contributed by atoms with E-state index in [-0.39, 0.29) is 6.04 Å². The van der Waals surface area contributed by atoms with Gasteiger partial charge in [0.2, 0.25) is 0 Å². The van der Waals surface area contributed by atoms with E-state index in [0.717, 1.165) is 39.0 Å². The number of likely N-dealkylation sites (tertiary alicyclic amines) is 1. The highest BCUT2D eigenvalue weighted by Crippen LogP contribution is 2.11. The zero-order valence-corrected chi connectivity index (χ0v) is 11.7. The van der Waals surface area contributed by atoms with Crippen LogP contribution in [0.25, 0.3) is 0 Å². The molecular formula is C14H28N2O2. The van der Waals surface area contributed by atoms with Crippen LogP contribution in [0.4, 0.5) is 0 Å². The van der Waals surface area contributed by atoms with E-state index in [1.807, 2.05) is 0 Å². The molecule has 4 nitrogen and oxygen atoms in total. The molecule has 1 aliphatic rings. The van der Waals surface area contributed by atoms with Gasteiger partial charge in [-0.15, -0.1) is 0 Å². The Labute approximate surface area is 111 Å². The SMILES string of the molecule is CCCNC(CCN1CCCCCCC1)C(=O)O. The molecule has 2 N–H and O–H groups in total. The van der Waals surface area contributed by atoms with Crippen LogP contribution in [-0.2, 0) is 4.79 Å². The summed E-state index contributed by atoms with van der Waals surface area (Å²) in [5.41, 5.74) is 0. The molecule has 4 heteroatoms. The molecule has 0 aromatic carbocycles. The van der Waals surface area contributed by atoms with Crippen molar-refractivity contribution in [3.8, 4) is 0 Å². The minimum atomic E-state index is -0.713. The maximum Gasteiger partial charge on any atom is 0.320 e. The minimum absolute atomic E-state index is 0.379. The van der Waals surface area contributed by atoms with Crippen LogP contribution in [0.2, 0.25) is 0 Å². The first-order valence-corrected chi connectivity index (χ1v) is 7.42. The van der Waals surface area contributed by atoms with Crippen molar-refractivity contribution >= 4 is 5.97 Å². The Balaban J connectivity index is 2.27. The summed E-state index contributed by atoms with van der Waals surface area (Å²) in [6.45, 7) is 6.04. The summed E-state index contributed by atoms with van der Waals surface area (Å²) in [5, 5.41) is 12.3. The lowest BCUT2D eigenvalue weighted by atomic mass is 10.1. The number of hydrogen-bond acceptors (Lipinski definition) is 3. The first kappa shape index (κ1) is 15.4. The van der Waals surface area contributed by atoms with Crippen LogP contribution in [0.15, 0.2) is 0 Å². The van der Waals surface area contributed by atoms with Crippen molar-refractivity contribution in [1.82, 2.24) is 10.2 Å². The van der Waals surface area contributed by atoms with Crippen LogP contribution in [-0.4, -0.2) is 48.2 Å². The highest BCUT2D eigenvalue weighted by atomic mass is 16.4. The predicted octanol–water partition coefficient (Wildman–Crippen LogP) is 2.10. The standard InChI is InChI=1S/C14H28N2O2/c1-2-9-15-13(14(17)18)8-12-16-10-6-4-3-5-7-11-16/h13,15H,2-12H2,1H3,(H,17,18). The summed E-state index contributed by atoms with van der Waals surface area (Å²) in [5.74, 6) is -0.713. The van der Waals surface area contributed by atoms with Crippen LogP contribution in [0.3, 0.4) is 0 Å². The fourth-order valence-electron chi connectivity index (χ4n) is 2.48. The number of hydrogen-bond donors (Lipinski definition) is 2. The molecule has 0 aromatic rings. The van der Waals surface area contributed by atoms with Crippen molar-refractivity contribution in [2.24, 2.45) is 0 Å². The largest absolute Gasteiger partial charge is 0.480 e. The zero-order valence-electron chi connectivity index (χ0n) is 11.7. The van der Waals surface area contributed by atoms with E-state index in [1.54, 1.807) is 0 Å². The number of carboxylic acid groups (broad SMARTS) is 1. The number of rotatable bonds is 7. The lowest BCUT2D eigenvalue weighted by molar-refractivity contribution is -0.139. The molecule has 18 heavy (non-hydrogen) atoms. The Morgan fingerprint density at radius 3 is 2.39 bits per heavy atom. The molecular weight excluding hydrogens is 228 g/mol. The molecule has 1 atom stereocenters. The molecule has 1 rings (SSSR count). The molecule has 1 aliphatic heterocycles. The van der Waals surface area contributed by atoms with E-state index < -0.39 is 5.97 Å². The fourth-order valence-corrected chi connectivity index (χ4v) is 2.48. The van der Waals surface area contributed by atoms with Crippen molar-refractivity contribution in [2.45, 2.75) is 57.9 Å². The molecule has 0 aliphatic carbocycles. The quantitative estimate of drug-likeness (QED) is 0.732. The van der Waals surface area contributed by atoms with Gasteiger partial charge in [-0.2, -0.15) is 0 Å². The third-order valence-corrected chi connectivity index (χ3v) is 3.62. The third kappa shape index (κ3) is 6.36. The molecule has 106 valence electrons. The number of aliphatic carboxylic acids is 1. The number of carbonyl (C=O) groups is 1. The monoisotopic (exact) mass is 256 g/mol. The van der Waals surface area contributed by atoms with E-state index in [4.69, 9.17) is 5.11 Å². The van der Waals surface area contributed by atoms with Crippen molar-refractivity contribution in [3.63, 3.8) is 0 Å². The van der Waals surface area contributed by atoms with Crippen molar-refractivity contribution in [2.75, 3.05) is 26.2 Å². The molecule has 0 radical (unpaired) electrons. The summed E-state index contributed by atoms with van der Waals surface area (Å²) >= 11 is 0. The van der Waals surface area contributed by atoms with Gasteiger partial charge in [-0.05, 0) is 45.3 Å². The zero-order chi connectivity index (χ0) is 13.2. The molecule has 1 fully saturated rings. The van der Waals surface area contributed by atoms with Crippen molar-refractivity contribution in [1.29, 1.82) is 0 Å². The second kappa shape index (κ2) is 9.34. The van der Waals surface area contributed by atoms with Crippen LogP contribution in [0, 0.1) is 0 Å². The number of nitrogens with zero attached hydrogens (tertiary/aromatic N) is 1.